The van der Waals surface area contributed by atoms with Crippen molar-refractivity contribution in [2.24, 2.45) is 0 Å². The number of aromatic nitrogens is 1. The second-order valence-corrected chi connectivity index (χ2v) is 8.89. The molecule has 0 aliphatic heterocycles. The molecule has 1 heterocycles. The molecule has 0 unspecified atom stereocenters. The fraction of sp³-hybridized carbons (Fsp3) is 0.0526. The van der Waals surface area contributed by atoms with Crippen LogP contribution in [-0.2, 0) is 9.84 Å². The monoisotopic (exact) mass is 402 g/mol. The van der Waals surface area contributed by atoms with Crippen LogP contribution < -0.4 is 5.32 Å². The van der Waals surface area contributed by atoms with Crippen molar-refractivity contribution in [1.29, 1.82) is 0 Å². The highest BCUT2D eigenvalue weighted by Crippen LogP contribution is 2.22. The van der Waals surface area contributed by atoms with Crippen LogP contribution in [-0.4, -0.2) is 24.4 Å². The van der Waals surface area contributed by atoms with Gasteiger partial charge >= 0.3 is 0 Å². The number of amides is 1. The number of rotatable bonds is 6. The summed E-state index contributed by atoms with van der Waals surface area (Å²) in [4.78, 5) is 16.6. The van der Waals surface area contributed by atoms with Gasteiger partial charge in [0.15, 0.2) is 9.84 Å². The zero-order chi connectivity index (χ0) is 19.3. The summed E-state index contributed by atoms with van der Waals surface area (Å²) < 4.78 is 37.4. The van der Waals surface area contributed by atoms with Crippen molar-refractivity contribution in [3.8, 4) is 0 Å². The number of hydrogen-bond donors (Lipinski definition) is 1. The Morgan fingerprint density at radius 1 is 1.00 bits per heavy atom. The number of nitrogens with zero attached hydrogens (tertiary/aromatic N) is 1. The summed E-state index contributed by atoms with van der Waals surface area (Å²) in [7, 11) is -3.42. The number of nitrogens with one attached hydrogen (secondary N) is 1. The molecule has 1 aromatic heterocycles. The number of anilines is 1. The summed E-state index contributed by atoms with van der Waals surface area (Å²) in [5.74, 6) is -0.774. The van der Waals surface area contributed by atoms with Gasteiger partial charge in [-0.2, -0.15) is 0 Å². The quantitative estimate of drug-likeness (QED) is 0.631. The molecule has 0 atom stereocenters. The van der Waals surface area contributed by atoms with E-state index in [4.69, 9.17) is 0 Å². The molecule has 0 bridgehead atoms. The minimum atomic E-state index is -3.42. The third-order valence-corrected chi connectivity index (χ3v) is 6.81. The maximum Gasteiger partial charge on any atom is 0.257 e. The maximum atomic E-state index is 12.9. The van der Waals surface area contributed by atoms with Crippen molar-refractivity contribution in [3.63, 3.8) is 0 Å². The molecule has 3 aromatic rings. The van der Waals surface area contributed by atoms with Gasteiger partial charge in [-0.05, 0) is 48.5 Å². The molecule has 1 N–H and O–H groups in total. The lowest BCUT2D eigenvalue weighted by atomic mass is 10.2. The van der Waals surface area contributed by atoms with Crippen LogP contribution in [0.3, 0.4) is 0 Å². The molecule has 0 fully saturated rings. The molecule has 3 rings (SSSR count). The molecular weight excluding hydrogens is 387 g/mol. The first kappa shape index (κ1) is 19.1. The van der Waals surface area contributed by atoms with E-state index in [1.54, 1.807) is 42.5 Å². The Morgan fingerprint density at radius 2 is 1.70 bits per heavy atom. The van der Waals surface area contributed by atoms with E-state index < -0.39 is 9.84 Å². The summed E-state index contributed by atoms with van der Waals surface area (Å²) in [6.07, 6.45) is 1.37. The SMILES string of the molecule is O=C(Nc1ccc(F)cc1)c1ccc(SCS(=O)(=O)c2ccccc2)nc1. The van der Waals surface area contributed by atoms with E-state index in [9.17, 15) is 17.6 Å². The van der Waals surface area contributed by atoms with Crippen molar-refractivity contribution in [1.82, 2.24) is 4.98 Å². The van der Waals surface area contributed by atoms with Crippen molar-refractivity contribution in [2.75, 3.05) is 10.4 Å². The average Bonchev–Trinajstić information content (AvgIpc) is 2.69. The lowest BCUT2D eigenvalue weighted by Gasteiger charge is -2.06. The molecular formula is C19H15FN2O3S2. The molecule has 8 heteroatoms. The Hall–Kier alpha value is -2.71. The fourth-order valence-corrected chi connectivity index (χ4v) is 4.68. The Kier molecular flexibility index (Phi) is 5.88. The topological polar surface area (TPSA) is 76.1 Å². The number of pyridine rings is 1. The first-order valence-electron chi connectivity index (χ1n) is 7.88. The predicted molar refractivity (Wildman–Crippen MR) is 103 cm³/mol. The molecule has 0 aliphatic rings. The highest BCUT2D eigenvalue weighted by molar-refractivity contribution is 8.12. The lowest BCUT2D eigenvalue weighted by molar-refractivity contribution is 0.102. The van der Waals surface area contributed by atoms with Crippen LogP contribution in [0.4, 0.5) is 10.1 Å². The van der Waals surface area contributed by atoms with Gasteiger partial charge in [0.25, 0.3) is 5.91 Å². The fourth-order valence-electron chi connectivity index (χ4n) is 2.17. The molecule has 5 nitrogen and oxygen atoms in total. The molecule has 27 heavy (non-hydrogen) atoms. The molecule has 138 valence electrons. The van der Waals surface area contributed by atoms with Crippen LogP contribution in [0.1, 0.15) is 10.4 Å². The highest BCUT2D eigenvalue weighted by Gasteiger charge is 2.15. The highest BCUT2D eigenvalue weighted by atomic mass is 32.3. The average molecular weight is 402 g/mol. The zero-order valence-electron chi connectivity index (χ0n) is 14.0. The van der Waals surface area contributed by atoms with Crippen molar-refractivity contribution < 1.29 is 17.6 Å². The minimum absolute atomic E-state index is 0.148. The first-order chi connectivity index (χ1) is 12.9. The second-order valence-electron chi connectivity index (χ2n) is 5.54. The number of carbonyl (C=O) groups is 1. The summed E-state index contributed by atoms with van der Waals surface area (Å²) in [5.41, 5.74) is 0.781. The van der Waals surface area contributed by atoms with E-state index in [1.807, 2.05) is 0 Å². The molecule has 0 saturated carbocycles. The van der Waals surface area contributed by atoms with Gasteiger partial charge in [0.1, 0.15) is 10.9 Å². The van der Waals surface area contributed by atoms with E-state index in [1.165, 1.54) is 30.5 Å². The zero-order valence-corrected chi connectivity index (χ0v) is 15.6. The van der Waals surface area contributed by atoms with Gasteiger partial charge in [0.2, 0.25) is 0 Å². The molecule has 0 saturated heterocycles. The van der Waals surface area contributed by atoms with Crippen LogP contribution in [0, 0.1) is 5.82 Å². The standard InChI is InChI=1S/C19H15FN2O3S2/c20-15-7-9-16(10-8-15)22-19(23)14-6-11-18(21-12-14)26-13-27(24,25)17-4-2-1-3-5-17/h1-12H,13H2,(H,22,23). The van der Waals surface area contributed by atoms with E-state index in [2.05, 4.69) is 10.3 Å². The smallest absolute Gasteiger partial charge is 0.257 e. The number of thioether (sulfide) groups is 1. The summed E-state index contributed by atoms with van der Waals surface area (Å²) in [6.45, 7) is 0. The van der Waals surface area contributed by atoms with E-state index in [0.717, 1.165) is 11.8 Å². The van der Waals surface area contributed by atoms with Gasteiger partial charge in [0.05, 0.1) is 15.5 Å². The lowest BCUT2D eigenvalue weighted by Crippen LogP contribution is -2.12. The number of halogens is 1. The van der Waals surface area contributed by atoms with Gasteiger partial charge in [-0.25, -0.2) is 17.8 Å². The molecule has 0 radical (unpaired) electrons. The second kappa shape index (κ2) is 8.32. The third-order valence-electron chi connectivity index (χ3n) is 3.56. The van der Waals surface area contributed by atoms with E-state index in [0.29, 0.717) is 16.3 Å². The Bertz CT molecular complexity index is 1020. The largest absolute Gasteiger partial charge is 0.322 e. The van der Waals surface area contributed by atoms with Crippen LogP contribution >= 0.6 is 11.8 Å². The van der Waals surface area contributed by atoms with Crippen molar-refractivity contribution in [3.05, 3.63) is 84.3 Å². The first-order valence-corrected chi connectivity index (χ1v) is 10.5. The predicted octanol–water partition coefficient (Wildman–Crippen LogP) is 4.00. The van der Waals surface area contributed by atoms with E-state index in [-0.39, 0.29) is 21.7 Å². The van der Waals surface area contributed by atoms with Gasteiger partial charge in [-0.15, -0.1) is 0 Å². The third kappa shape index (κ3) is 5.15. The Balaban J connectivity index is 1.61. The van der Waals surface area contributed by atoms with E-state index >= 15 is 0 Å². The minimum Gasteiger partial charge on any atom is -0.322 e. The van der Waals surface area contributed by atoms with Gasteiger partial charge < -0.3 is 5.32 Å². The Morgan fingerprint density at radius 3 is 2.33 bits per heavy atom. The van der Waals surface area contributed by atoms with Crippen molar-refractivity contribution >= 4 is 33.2 Å². The summed E-state index contributed by atoms with van der Waals surface area (Å²) in [5, 5.41) is 2.98. The molecule has 0 spiro atoms. The van der Waals surface area contributed by atoms with Crippen LogP contribution in [0.25, 0.3) is 0 Å². The number of sulfone groups is 1. The van der Waals surface area contributed by atoms with Crippen molar-refractivity contribution in [2.45, 2.75) is 9.92 Å². The molecule has 0 aliphatic carbocycles. The number of benzene rings is 2. The number of carbonyl (C=O) groups excluding carboxylic acids is 1. The van der Waals surface area contributed by atoms with Gasteiger partial charge in [0, 0.05) is 11.9 Å². The Labute approximate surface area is 160 Å². The van der Waals surface area contributed by atoms with Crippen LogP contribution in [0.15, 0.2) is 82.8 Å². The van der Waals surface area contributed by atoms with Crippen LogP contribution in [0.2, 0.25) is 0 Å². The summed E-state index contributed by atoms with van der Waals surface area (Å²) in [6, 6.07) is 16.8. The summed E-state index contributed by atoms with van der Waals surface area (Å²) >= 11 is 1.08. The maximum absolute atomic E-state index is 12.9. The van der Waals surface area contributed by atoms with Gasteiger partial charge in [-0.1, -0.05) is 30.0 Å². The number of hydrogen-bond acceptors (Lipinski definition) is 5. The van der Waals surface area contributed by atoms with Gasteiger partial charge in [-0.3, -0.25) is 4.79 Å². The van der Waals surface area contributed by atoms with Crippen LogP contribution in [0.5, 0.6) is 0 Å². The molecule has 2 aromatic carbocycles. The normalized spacial score (nSPS) is 11.1. The molecule has 1 amide bonds.